The SMILES string of the molecule is CNC(=O)c1ccc2c(c1)Nc1nc(=O)n(C3CCN(CCCNC(=N)N)CC3)cc1O2. The molecule has 4 rings (SSSR count). The van der Waals surface area contributed by atoms with E-state index in [4.69, 9.17) is 15.9 Å². The second kappa shape index (κ2) is 9.27. The molecule has 0 bridgehead atoms. The lowest BCUT2D eigenvalue weighted by Gasteiger charge is -2.33. The predicted molar refractivity (Wildman–Crippen MR) is 121 cm³/mol. The van der Waals surface area contributed by atoms with Gasteiger partial charge in [-0.25, -0.2) is 4.79 Å². The van der Waals surface area contributed by atoms with Crippen molar-refractivity contribution in [3.63, 3.8) is 0 Å². The van der Waals surface area contributed by atoms with Crippen molar-refractivity contribution in [2.24, 2.45) is 5.73 Å². The Morgan fingerprint density at radius 2 is 2.12 bits per heavy atom. The van der Waals surface area contributed by atoms with E-state index in [1.165, 1.54) is 0 Å². The number of carbonyl (C=O) groups excluding carboxylic acids is 1. The molecular weight excluding hydrogens is 412 g/mol. The topological polar surface area (TPSA) is 150 Å². The minimum atomic E-state index is -0.324. The van der Waals surface area contributed by atoms with E-state index in [-0.39, 0.29) is 23.6 Å². The van der Waals surface area contributed by atoms with E-state index in [1.54, 1.807) is 36.0 Å². The van der Waals surface area contributed by atoms with E-state index in [2.05, 4.69) is 25.8 Å². The maximum absolute atomic E-state index is 12.7. The van der Waals surface area contributed by atoms with Crippen molar-refractivity contribution in [2.75, 3.05) is 38.5 Å². The van der Waals surface area contributed by atoms with Crippen LogP contribution in [-0.2, 0) is 0 Å². The van der Waals surface area contributed by atoms with E-state index < -0.39 is 0 Å². The number of carbonyl (C=O) groups is 1. The zero-order valence-corrected chi connectivity index (χ0v) is 18.0. The normalized spacial score (nSPS) is 15.7. The number of piperidine rings is 1. The molecule has 1 saturated heterocycles. The van der Waals surface area contributed by atoms with Crippen molar-refractivity contribution in [3.05, 3.63) is 40.4 Å². The molecule has 0 aliphatic carbocycles. The van der Waals surface area contributed by atoms with E-state index in [0.29, 0.717) is 35.1 Å². The van der Waals surface area contributed by atoms with Crippen LogP contribution in [0.15, 0.2) is 29.2 Å². The van der Waals surface area contributed by atoms with Crippen LogP contribution in [-0.4, -0.2) is 59.5 Å². The van der Waals surface area contributed by atoms with Gasteiger partial charge in [-0.2, -0.15) is 4.98 Å². The quantitative estimate of drug-likeness (QED) is 0.216. The zero-order valence-electron chi connectivity index (χ0n) is 18.0. The number of hydrogen-bond acceptors (Lipinski definition) is 7. The Morgan fingerprint density at radius 3 is 2.84 bits per heavy atom. The van der Waals surface area contributed by atoms with Crippen LogP contribution < -0.4 is 32.1 Å². The first-order chi connectivity index (χ1) is 15.4. The molecule has 0 spiro atoms. The summed E-state index contributed by atoms with van der Waals surface area (Å²) in [6.07, 6.45) is 4.33. The Bertz CT molecular complexity index is 1080. The van der Waals surface area contributed by atoms with Gasteiger partial charge in [0.15, 0.2) is 23.3 Å². The number of guanidine groups is 1. The Hall–Kier alpha value is -3.60. The van der Waals surface area contributed by atoms with Crippen LogP contribution >= 0.6 is 0 Å². The van der Waals surface area contributed by atoms with Crippen LogP contribution in [0.3, 0.4) is 0 Å². The molecule has 11 heteroatoms. The Kier molecular flexibility index (Phi) is 6.26. The molecular formula is C21H28N8O3. The van der Waals surface area contributed by atoms with Crippen molar-refractivity contribution >= 4 is 23.4 Å². The fourth-order valence-electron chi connectivity index (χ4n) is 4.07. The Labute approximate surface area is 185 Å². The summed E-state index contributed by atoms with van der Waals surface area (Å²) in [7, 11) is 1.57. The average Bonchev–Trinajstić information content (AvgIpc) is 2.79. The highest BCUT2D eigenvalue weighted by Crippen LogP contribution is 2.40. The number of nitrogens with zero attached hydrogens (tertiary/aromatic N) is 3. The van der Waals surface area contributed by atoms with E-state index >= 15 is 0 Å². The lowest BCUT2D eigenvalue weighted by atomic mass is 10.0. The zero-order chi connectivity index (χ0) is 22.7. The van der Waals surface area contributed by atoms with Gasteiger partial charge in [0.05, 0.1) is 11.9 Å². The molecule has 1 aromatic carbocycles. The van der Waals surface area contributed by atoms with E-state index in [1.807, 2.05) is 0 Å². The molecule has 32 heavy (non-hydrogen) atoms. The molecule has 0 atom stereocenters. The van der Waals surface area contributed by atoms with Crippen LogP contribution in [0, 0.1) is 5.41 Å². The van der Waals surface area contributed by atoms with Crippen LogP contribution in [0.1, 0.15) is 35.7 Å². The van der Waals surface area contributed by atoms with E-state index in [0.717, 1.165) is 38.9 Å². The van der Waals surface area contributed by atoms with Crippen LogP contribution in [0.5, 0.6) is 11.5 Å². The first kappa shape index (κ1) is 21.6. The van der Waals surface area contributed by atoms with Crippen molar-refractivity contribution in [1.82, 2.24) is 25.1 Å². The van der Waals surface area contributed by atoms with Gasteiger partial charge in [-0.1, -0.05) is 0 Å². The second-order valence-electron chi connectivity index (χ2n) is 7.93. The number of benzene rings is 1. The molecule has 6 N–H and O–H groups in total. The van der Waals surface area contributed by atoms with Crippen molar-refractivity contribution < 1.29 is 9.53 Å². The van der Waals surface area contributed by atoms with Gasteiger partial charge in [0.2, 0.25) is 0 Å². The molecule has 0 unspecified atom stereocenters. The third-order valence-electron chi connectivity index (χ3n) is 5.78. The number of likely N-dealkylation sites (tertiary alicyclic amines) is 1. The molecule has 3 heterocycles. The fraction of sp³-hybridized carbons (Fsp3) is 0.429. The van der Waals surface area contributed by atoms with Crippen molar-refractivity contribution in [2.45, 2.75) is 25.3 Å². The summed E-state index contributed by atoms with van der Waals surface area (Å²) in [5.74, 6) is 1.20. The molecule has 2 aliphatic heterocycles. The van der Waals surface area contributed by atoms with Crippen molar-refractivity contribution in [3.8, 4) is 11.5 Å². The minimum Gasteiger partial charge on any atom is -0.450 e. The molecule has 2 aromatic rings. The third kappa shape index (κ3) is 4.67. The van der Waals surface area contributed by atoms with Gasteiger partial charge in [-0.3, -0.25) is 14.8 Å². The molecule has 1 amide bonds. The molecule has 11 nitrogen and oxygen atoms in total. The number of nitrogens with two attached hydrogens (primary N) is 1. The summed E-state index contributed by atoms with van der Waals surface area (Å²) in [6, 6.07) is 5.15. The molecule has 0 saturated carbocycles. The highest BCUT2D eigenvalue weighted by Gasteiger charge is 2.25. The number of hydrogen-bond donors (Lipinski definition) is 5. The van der Waals surface area contributed by atoms with E-state index in [9.17, 15) is 9.59 Å². The highest BCUT2D eigenvalue weighted by molar-refractivity contribution is 5.96. The fourth-order valence-corrected chi connectivity index (χ4v) is 4.07. The summed E-state index contributed by atoms with van der Waals surface area (Å²) in [4.78, 5) is 31.1. The third-order valence-corrected chi connectivity index (χ3v) is 5.78. The number of fused-ring (bicyclic) bond motifs is 2. The average molecular weight is 441 g/mol. The highest BCUT2D eigenvalue weighted by atomic mass is 16.5. The largest absolute Gasteiger partial charge is 0.450 e. The minimum absolute atomic E-state index is 0.00535. The summed E-state index contributed by atoms with van der Waals surface area (Å²) in [6.45, 7) is 3.38. The second-order valence-corrected chi connectivity index (χ2v) is 7.93. The molecule has 1 aromatic heterocycles. The molecule has 1 fully saturated rings. The lowest BCUT2D eigenvalue weighted by molar-refractivity contribution is 0.0963. The lowest BCUT2D eigenvalue weighted by Crippen LogP contribution is -2.39. The van der Waals surface area contributed by atoms with Crippen LogP contribution in [0.25, 0.3) is 0 Å². The summed E-state index contributed by atoms with van der Waals surface area (Å²) in [5, 5.41) is 15.7. The standard InChI is InChI=1S/C21H28N8O3/c1-24-19(30)13-3-4-16-15(11-13)26-18-17(32-16)12-29(21(31)27-18)14-5-9-28(10-6-14)8-2-7-25-20(22)23/h3-4,11-12,14H,2,5-10H2,1H3,(H,24,30)(H4,22,23,25)(H,26,27,31). The summed E-state index contributed by atoms with van der Waals surface area (Å²) < 4.78 is 7.64. The monoisotopic (exact) mass is 440 g/mol. The smallest absolute Gasteiger partial charge is 0.350 e. The first-order valence-electron chi connectivity index (χ1n) is 10.7. The van der Waals surface area contributed by atoms with Crippen LogP contribution in [0.4, 0.5) is 11.5 Å². The number of nitrogens with one attached hydrogen (secondary N) is 4. The number of aromatic nitrogens is 2. The Morgan fingerprint density at radius 1 is 1.34 bits per heavy atom. The molecule has 2 aliphatic rings. The maximum Gasteiger partial charge on any atom is 0.350 e. The Balaban J connectivity index is 1.41. The number of amides is 1. The van der Waals surface area contributed by atoms with Gasteiger partial charge in [0.1, 0.15) is 0 Å². The predicted octanol–water partition coefficient (Wildman–Crippen LogP) is 0.962. The number of rotatable bonds is 6. The van der Waals surface area contributed by atoms with Gasteiger partial charge >= 0.3 is 5.69 Å². The molecule has 0 radical (unpaired) electrons. The number of ether oxygens (including phenoxy) is 1. The van der Waals surface area contributed by atoms with Gasteiger partial charge in [-0.15, -0.1) is 0 Å². The van der Waals surface area contributed by atoms with Gasteiger partial charge in [-0.05, 0) is 44.0 Å². The summed E-state index contributed by atoms with van der Waals surface area (Å²) >= 11 is 0. The van der Waals surface area contributed by atoms with Gasteiger partial charge in [0, 0.05) is 38.3 Å². The molecule has 170 valence electrons. The van der Waals surface area contributed by atoms with Crippen molar-refractivity contribution in [1.29, 1.82) is 5.41 Å². The van der Waals surface area contributed by atoms with Gasteiger partial charge < -0.3 is 31.3 Å². The van der Waals surface area contributed by atoms with Crippen LogP contribution in [0.2, 0.25) is 0 Å². The number of anilines is 2. The summed E-state index contributed by atoms with van der Waals surface area (Å²) in [5.41, 5.74) is 6.06. The maximum atomic E-state index is 12.7. The van der Waals surface area contributed by atoms with Gasteiger partial charge in [0.25, 0.3) is 5.91 Å². The first-order valence-corrected chi connectivity index (χ1v) is 10.7.